The number of halogens is 3. The fraction of sp³-hybridized carbons (Fsp3) is 0.368. The van der Waals surface area contributed by atoms with Crippen LogP contribution >= 0.6 is 11.8 Å². The highest BCUT2D eigenvalue weighted by Gasteiger charge is 2.50. The molecule has 1 saturated heterocycles. The monoisotopic (exact) mass is 821 g/mol. The first-order valence-electron chi connectivity index (χ1n) is 17.5. The number of nitrogens with two attached hydrogens (primary N) is 1. The molecule has 4 N–H and O–H groups in total. The summed E-state index contributed by atoms with van der Waals surface area (Å²) in [5.74, 6) is 0.372. The summed E-state index contributed by atoms with van der Waals surface area (Å²) >= 11 is 1.46. The third kappa shape index (κ3) is 9.95. The van der Waals surface area contributed by atoms with Gasteiger partial charge in [0.1, 0.15) is 4.90 Å². The average molecular weight is 822 g/mol. The minimum atomic E-state index is -5.94. The van der Waals surface area contributed by atoms with Crippen molar-refractivity contribution < 1.29 is 39.5 Å². The van der Waals surface area contributed by atoms with E-state index in [1.54, 1.807) is 0 Å². The summed E-state index contributed by atoms with van der Waals surface area (Å²) in [7, 11) is -13.7. The normalized spacial score (nSPS) is 16.9. The second kappa shape index (κ2) is 17.3. The maximum absolute atomic E-state index is 13.8. The number of nitrogens with zero attached hydrogens (tertiary/aromatic N) is 1. The van der Waals surface area contributed by atoms with Crippen molar-refractivity contribution in [3.05, 3.63) is 109 Å². The Bertz CT molecular complexity index is 2020. The molecule has 0 amide bonds. The highest BCUT2D eigenvalue weighted by Crippen LogP contribution is 2.41. The number of primary sulfonamides is 1. The molecule has 9 nitrogen and oxygen atoms in total. The maximum atomic E-state index is 13.8. The van der Waals surface area contributed by atoms with Gasteiger partial charge in [-0.25, -0.2) is 22.0 Å². The van der Waals surface area contributed by atoms with Gasteiger partial charge in [0, 0.05) is 36.3 Å². The number of rotatable bonds is 16. The van der Waals surface area contributed by atoms with Crippen LogP contribution in [0.25, 0.3) is 0 Å². The number of hydrogen-bond acceptors (Lipinski definition) is 9. The van der Waals surface area contributed by atoms with Crippen molar-refractivity contribution in [3.8, 4) is 0 Å². The molecule has 0 saturated carbocycles. The molecule has 1 aliphatic rings. The molecule has 0 radical (unpaired) electrons. The molecule has 2 atom stereocenters. The zero-order valence-corrected chi connectivity index (χ0v) is 33.5. The van der Waals surface area contributed by atoms with Gasteiger partial charge in [-0.15, -0.1) is 11.8 Å². The number of morpholine rings is 1. The largest absolute Gasteiger partial charge is 0.501 e. The van der Waals surface area contributed by atoms with Crippen LogP contribution in [0.3, 0.4) is 0 Å². The summed E-state index contributed by atoms with van der Waals surface area (Å²) in [5, 5.41) is 9.56. The van der Waals surface area contributed by atoms with Crippen molar-refractivity contribution in [1.29, 1.82) is 0 Å². The van der Waals surface area contributed by atoms with E-state index in [0.717, 1.165) is 27.4 Å². The standard InChI is InChI=1S/C38H46F3N3O6S3Si/c1-37(2,54(49,33-14-8-4-9-15-33)34-16-10-5-11-17-34)22-20-30-27-44(24-25-50-30)23-21-29(28-51-31-12-6-3-7-13-31)43-35-19-18-32(53(42,47)48)26-36(35)52(45,46)38(39,40)41/h3-19,26,29-30,43,49H,20-25,27-28H2,1-2H3,(H2,42,47,48)/t29-,30-/m1/s1. The molecule has 0 bridgehead atoms. The molecule has 0 aliphatic carbocycles. The molecule has 292 valence electrons. The van der Waals surface area contributed by atoms with Crippen LogP contribution in [0.5, 0.6) is 0 Å². The lowest BCUT2D eigenvalue weighted by Gasteiger charge is -2.42. The van der Waals surface area contributed by atoms with E-state index in [1.165, 1.54) is 11.8 Å². The molecule has 1 aliphatic heterocycles. The first kappa shape index (κ1) is 41.9. The van der Waals surface area contributed by atoms with Gasteiger partial charge in [0.25, 0.3) is 18.2 Å². The Labute approximate surface area is 321 Å². The Balaban J connectivity index is 1.32. The molecule has 1 fully saturated rings. The molecule has 0 unspecified atom stereocenters. The molecule has 0 spiro atoms. The minimum absolute atomic E-state index is 0.123. The third-order valence-corrected chi connectivity index (χ3v) is 18.1. The number of hydrogen-bond donors (Lipinski definition) is 3. The Morgan fingerprint density at radius 1 is 0.926 bits per heavy atom. The molecular weight excluding hydrogens is 776 g/mol. The van der Waals surface area contributed by atoms with Gasteiger partial charge in [-0.05, 0) is 65.0 Å². The van der Waals surface area contributed by atoms with Gasteiger partial charge in [0.2, 0.25) is 10.0 Å². The zero-order valence-electron chi connectivity index (χ0n) is 30.1. The number of nitrogens with one attached hydrogen (secondary N) is 1. The molecule has 54 heavy (non-hydrogen) atoms. The third-order valence-electron chi connectivity index (χ3n) is 9.90. The number of anilines is 1. The number of sulfone groups is 1. The van der Waals surface area contributed by atoms with E-state index in [4.69, 9.17) is 9.88 Å². The predicted octanol–water partition coefficient (Wildman–Crippen LogP) is 5.60. The minimum Gasteiger partial charge on any atom is -0.424 e. The van der Waals surface area contributed by atoms with Crippen LogP contribution in [0.4, 0.5) is 18.9 Å². The Morgan fingerprint density at radius 3 is 2.06 bits per heavy atom. The fourth-order valence-corrected chi connectivity index (χ4v) is 13.1. The van der Waals surface area contributed by atoms with Gasteiger partial charge in [0.15, 0.2) is 0 Å². The van der Waals surface area contributed by atoms with Crippen LogP contribution in [0, 0.1) is 0 Å². The Hall–Kier alpha value is -3.22. The number of benzene rings is 4. The van der Waals surface area contributed by atoms with Crippen molar-refractivity contribution in [2.45, 2.75) is 70.5 Å². The molecule has 4 aromatic carbocycles. The lowest BCUT2D eigenvalue weighted by atomic mass is 10.0. The van der Waals surface area contributed by atoms with E-state index in [1.807, 2.05) is 91.0 Å². The first-order chi connectivity index (χ1) is 25.4. The number of sulfonamides is 1. The van der Waals surface area contributed by atoms with Crippen LogP contribution in [0.15, 0.2) is 124 Å². The van der Waals surface area contributed by atoms with E-state index in [0.29, 0.717) is 57.3 Å². The molecule has 4 aromatic rings. The van der Waals surface area contributed by atoms with Gasteiger partial charge < -0.3 is 14.8 Å². The average Bonchev–Trinajstić information content (AvgIpc) is 3.15. The summed E-state index contributed by atoms with van der Waals surface area (Å²) < 4.78 is 96.9. The summed E-state index contributed by atoms with van der Waals surface area (Å²) in [6, 6.07) is 31.0. The molecule has 16 heteroatoms. The zero-order chi connectivity index (χ0) is 39.2. The van der Waals surface area contributed by atoms with Crippen LogP contribution in [0.1, 0.15) is 33.1 Å². The quantitative estimate of drug-likeness (QED) is 0.0974. The molecule has 1 heterocycles. The van der Waals surface area contributed by atoms with Gasteiger partial charge in [-0.2, -0.15) is 13.2 Å². The van der Waals surface area contributed by atoms with E-state index >= 15 is 0 Å². The molecular formula is C38H46F3N3O6S3Si. The first-order valence-corrected chi connectivity index (χ1v) is 23.5. The highest BCUT2D eigenvalue weighted by molar-refractivity contribution is 7.99. The fourth-order valence-electron chi connectivity index (χ4n) is 6.78. The number of ether oxygens (including phenoxy) is 1. The van der Waals surface area contributed by atoms with Crippen molar-refractivity contribution in [1.82, 2.24) is 4.90 Å². The Kier molecular flexibility index (Phi) is 13.4. The lowest BCUT2D eigenvalue weighted by molar-refractivity contribution is -0.0435. The predicted molar refractivity (Wildman–Crippen MR) is 210 cm³/mol. The van der Waals surface area contributed by atoms with Crippen LogP contribution in [0.2, 0.25) is 5.04 Å². The maximum Gasteiger partial charge on any atom is 0.501 e. The number of thioether (sulfide) groups is 1. The number of alkyl halides is 3. The SMILES string of the molecule is CC(C)(CC[C@@H]1CN(CC[C@H](CSc2ccccc2)Nc2ccc(S(N)(=O)=O)cc2S(=O)(=O)C(F)(F)F)CCO1)[Si](O)(c1ccccc1)c1ccccc1. The summed E-state index contributed by atoms with van der Waals surface area (Å²) in [5.41, 5.74) is -6.04. The van der Waals surface area contributed by atoms with Crippen molar-refractivity contribution >= 4 is 56.0 Å². The topological polar surface area (TPSA) is 139 Å². The van der Waals surface area contributed by atoms with Crippen molar-refractivity contribution in [3.63, 3.8) is 0 Å². The van der Waals surface area contributed by atoms with Crippen LogP contribution < -0.4 is 20.8 Å². The summed E-state index contributed by atoms with van der Waals surface area (Å²) in [6.07, 6.45) is 1.69. The second-order valence-corrected chi connectivity index (χ2v) is 22.6. The van der Waals surface area contributed by atoms with Gasteiger partial charge in [-0.3, -0.25) is 4.90 Å². The van der Waals surface area contributed by atoms with E-state index in [2.05, 4.69) is 24.1 Å². The van der Waals surface area contributed by atoms with E-state index < -0.39 is 54.6 Å². The Morgan fingerprint density at radius 2 is 1.50 bits per heavy atom. The summed E-state index contributed by atoms with van der Waals surface area (Å²) in [4.78, 5) is 13.8. The smallest absolute Gasteiger partial charge is 0.424 e. The second-order valence-electron chi connectivity index (χ2n) is 14.1. The van der Waals surface area contributed by atoms with Crippen molar-refractivity contribution in [2.75, 3.05) is 37.3 Å². The van der Waals surface area contributed by atoms with Gasteiger partial charge >= 0.3 is 5.51 Å². The molecule has 5 rings (SSSR count). The lowest BCUT2D eigenvalue weighted by Crippen LogP contribution is -2.65. The highest BCUT2D eigenvalue weighted by atomic mass is 32.2. The van der Waals surface area contributed by atoms with E-state index in [9.17, 15) is 34.8 Å². The van der Waals surface area contributed by atoms with Gasteiger partial charge in [0.05, 0.1) is 23.3 Å². The van der Waals surface area contributed by atoms with Gasteiger partial charge in [-0.1, -0.05) is 92.7 Å². The van der Waals surface area contributed by atoms with E-state index in [-0.39, 0.29) is 11.8 Å². The van der Waals surface area contributed by atoms with Crippen molar-refractivity contribution in [2.24, 2.45) is 5.14 Å². The van der Waals surface area contributed by atoms with Crippen LogP contribution in [-0.4, -0.2) is 84.5 Å². The van der Waals surface area contributed by atoms with Crippen LogP contribution in [-0.2, 0) is 24.6 Å². The summed E-state index contributed by atoms with van der Waals surface area (Å²) in [6.45, 7) is 6.46. The molecule has 0 aromatic heterocycles.